The maximum Gasteiger partial charge on any atom is 0.313 e. The molecule has 0 aliphatic rings. The molecule has 2 heterocycles. The number of hydrogen-bond acceptors (Lipinski definition) is 6. The molecule has 0 saturated carbocycles. The quantitative estimate of drug-likeness (QED) is 0.407. The molecule has 0 unspecified atom stereocenters. The Morgan fingerprint density at radius 2 is 1.70 bits per heavy atom. The first kappa shape index (κ1) is 22.0. The minimum absolute atomic E-state index is 0.224. The van der Waals surface area contributed by atoms with Crippen molar-refractivity contribution in [1.82, 2.24) is 25.1 Å². The molecule has 2 aromatic heterocycles. The van der Waals surface area contributed by atoms with E-state index in [1.807, 2.05) is 24.3 Å². The predicted molar refractivity (Wildman–Crippen MR) is 122 cm³/mol. The second kappa shape index (κ2) is 10.4. The molecular formula is C23H19ClN6O3. The number of aromatic nitrogens is 4. The summed E-state index contributed by atoms with van der Waals surface area (Å²) in [6.07, 6.45) is 4.53. The van der Waals surface area contributed by atoms with Crippen LogP contribution in [0.4, 0.5) is 5.69 Å². The highest BCUT2D eigenvalue weighted by atomic mass is 35.5. The topological polar surface area (TPSA) is 111 Å². The number of ether oxygens (including phenoxy) is 1. The van der Waals surface area contributed by atoms with Crippen molar-refractivity contribution < 1.29 is 14.3 Å². The number of benzene rings is 2. The highest BCUT2D eigenvalue weighted by Crippen LogP contribution is 2.22. The fraction of sp³-hybridized carbons (Fsp3) is 0.0870. The third kappa shape index (κ3) is 6.37. The summed E-state index contributed by atoms with van der Waals surface area (Å²) in [5, 5.41) is 9.77. The third-order valence-electron chi connectivity index (χ3n) is 4.52. The number of amides is 2. The molecule has 4 aromatic rings. The van der Waals surface area contributed by atoms with Gasteiger partial charge >= 0.3 is 11.8 Å². The van der Waals surface area contributed by atoms with E-state index < -0.39 is 11.8 Å². The van der Waals surface area contributed by atoms with Gasteiger partial charge in [0.15, 0.2) is 0 Å². The van der Waals surface area contributed by atoms with Crippen LogP contribution in [0, 0.1) is 0 Å². The lowest BCUT2D eigenvalue weighted by Gasteiger charge is -2.08. The second-order valence-corrected chi connectivity index (χ2v) is 7.42. The number of halogens is 1. The van der Waals surface area contributed by atoms with E-state index in [-0.39, 0.29) is 6.54 Å². The zero-order chi connectivity index (χ0) is 23.0. The summed E-state index contributed by atoms with van der Waals surface area (Å²) >= 11 is 5.85. The molecule has 10 heteroatoms. The number of carbonyl (C=O) groups is 2. The Labute approximate surface area is 194 Å². The molecule has 0 fully saturated rings. The van der Waals surface area contributed by atoms with Crippen LogP contribution in [-0.4, -0.2) is 31.6 Å². The molecule has 0 radical (unpaired) electrons. The van der Waals surface area contributed by atoms with Crippen molar-refractivity contribution >= 4 is 29.1 Å². The molecular weight excluding hydrogens is 444 g/mol. The van der Waals surface area contributed by atoms with Gasteiger partial charge in [0, 0.05) is 17.6 Å². The number of anilines is 1. The standard InChI is InChI=1S/C23H19ClN6O3/c24-18-5-8-20(9-6-18)33-21-10-7-19(12-26-21)29-23(32)22(31)27-11-16-1-3-17(4-2-16)13-30-15-25-14-28-30/h1-10,12,14-15H,11,13H2,(H,27,31)(H,29,32). The molecule has 2 N–H and O–H groups in total. The van der Waals surface area contributed by atoms with Gasteiger partial charge in [0.25, 0.3) is 0 Å². The number of rotatable bonds is 7. The van der Waals surface area contributed by atoms with Crippen LogP contribution in [0.15, 0.2) is 79.5 Å². The Bertz CT molecular complexity index is 1210. The van der Waals surface area contributed by atoms with Crippen LogP contribution in [0.1, 0.15) is 11.1 Å². The summed E-state index contributed by atoms with van der Waals surface area (Å²) in [6.45, 7) is 0.828. The van der Waals surface area contributed by atoms with Crippen molar-refractivity contribution in [2.75, 3.05) is 5.32 Å². The first-order valence-electron chi connectivity index (χ1n) is 9.94. The molecule has 4 rings (SSSR count). The molecule has 9 nitrogen and oxygen atoms in total. The lowest BCUT2D eigenvalue weighted by Crippen LogP contribution is -2.34. The van der Waals surface area contributed by atoms with Gasteiger partial charge in [-0.3, -0.25) is 9.59 Å². The molecule has 0 aliphatic heterocycles. The summed E-state index contributed by atoms with van der Waals surface area (Å²) in [6, 6.07) is 17.7. The molecule has 2 aromatic carbocycles. The normalized spacial score (nSPS) is 10.5. The first-order valence-corrected chi connectivity index (χ1v) is 10.3. The number of nitrogens with one attached hydrogen (secondary N) is 2. The fourth-order valence-corrected chi connectivity index (χ4v) is 2.98. The van der Waals surface area contributed by atoms with Crippen LogP contribution in [0.3, 0.4) is 0 Å². The first-order chi connectivity index (χ1) is 16.0. The van der Waals surface area contributed by atoms with Gasteiger partial charge in [-0.25, -0.2) is 14.6 Å². The number of carbonyl (C=O) groups excluding carboxylic acids is 2. The average Bonchev–Trinajstić information content (AvgIpc) is 3.34. The van der Waals surface area contributed by atoms with Crippen molar-refractivity contribution in [1.29, 1.82) is 0 Å². The van der Waals surface area contributed by atoms with Gasteiger partial charge in [0.05, 0.1) is 18.4 Å². The van der Waals surface area contributed by atoms with Gasteiger partial charge in [-0.15, -0.1) is 0 Å². The van der Waals surface area contributed by atoms with E-state index in [0.717, 1.165) is 11.1 Å². The van der Waals surface area contributed by atoms with Gasteiger partial charge in [-0.1, -0.05) is 35.9 Å². The van der Waals surface area contributed by atoms with Crippen LogP contribution >= 0.6 is 11.6 Å². The van der Waals surface area contributed by atoms with Crippen molar-refractivity contribution in [3.8, 4) is 11.6 Å². The van der Waals surface area contributed by atoms with E-state index in [9.17, 15) is 9.59 Å². The maximum absolute atomic E-state index is 12.2. The molecule has 0 aliphatic carbocycles. The van der Waals surface area contributed by atoms with Gasteiger partial charge < -0.3 is 15.4 Å². The van der Waals surface area contributed by atoms with Gasteiger partial charge in [-0.05, 0) is 41.5 Å². The van der Waals surface area contributed by atoms with Crippen LogP contribution in [-0.2, 0) is 22.7 Å². The van der Waals surface area contributed by atoms with Crippen LogP contribution in [0.2, 0.25) is 5.02 Å². The smallest absolute Gasteiger partial charge is 0.313 e. The van der Waals surface area contributed by atoms with E-state index in [1.165, 1.54) is 12.5 Å². The van der Waals surface area contributed by atoms with Crippen LogP contribution < -0.4 is 15.4 Å². The Hall–Kier alpha value is -4.24. The zero-order valence-corrected chi connectivity index (χ0v) is 18.1. The van der Waals surface area contributed by atoms with Gasteiger partial charge in [-0.2, -0.15) is 5.10 Å². The van der Waals surface area contributed by atoms with Crippen molar-refractivity contribution in [3.63, 3.8) is 0 Å². The third-order valence-corrected chi connectivity index (χ3v) is 4.78. The van der Waals surface area contributed by atoms with Crippen LogP contribution in [0.25, 0.3) is 0 Å². The van der Waals surface area contributed by atoms with Crippen molar-refractivity contribution in [3.05, 3.63) is 95.7 Å². The summed E-state index contributed by atoms with van der Waals surface area (Å²) in [7, 11) is 0. The Morgan fingerprint density at radius 1 is 0.939 bits per heavy atom. The lowest BCUT2D eigenvalue weighted by molar-refractivity contribution is -0.136. The second-order valence-electron chi connectivity index (χ2n) is 6.99. The highest BCUT2D eigenvalue weighted by Gasteiger charge is 2.14. The minimum Gasteiger partial charge on any atom is -0.439 e. The monoisotopic (exact) mass is 462 g/mol. The Morgan fingerprint density at radius 3 is 2.36 bits per heavy atom. The fourth-order valence-electron chi connectivity index (χ4n) is 2.85. The minimum atomic E-state index is -0.786. The SMILES string of the molecule is O=C(NCc1ccc(Cn2cncn2)cc1)C(=O)Nc1ccc(Oc2ccc(Cl)cc2)nc1. The number of nitrogens with zero attached hydrogens (tertiary/aromatic N) is 4. The predicted octanol–water partition coefficient (Wildman–Crippen LogP) is 3.42. The van der Waals surface area contributed by atoms with Crippen molar-refractivity contribution in [2.24, 2.45) is 0 Å². The lowest BCUT2D eigenvalue weighted by atomic mass is 10.1. The average molecular weight is 463 g/mol. The maximum atomic E-state index is 12.2. The zero-order valence-electron chi connectivity index (χ0n) is 17.3. The molecule has 0 bridgehead atoms. The van der Waals surface area contributed by atoms with E-state index in [2.05, 4.69) is 25.7 Å². The Kier molecular flexibility index (Phi) is 6.91. The molecule has 2 amide bonds. The van der Waals surface area contributed by atoms with E-state index >= 15 is 0 Å². The summed E-state index contributed by atoms with van der Waals surface area (Å²) in [5.41, 5.74) is 2.28. The molecule has 0 spiro atoms. The highest BCUT2D eigenvalue weighted by molar-refractivity contribution is 6.39. The van der Waals surface area contributed by atoms with Gasteiger partial charge in [0.1, 0.15) is 18.4 Å². The van der Waals surface area contributed by atoms with E-state index in [1.54, 1.807) is 47.4 Å². The van der Waals surface area contributed by atoms with E-state index in [0.29, 0.717) is 28.9 Å². The summed E-state index contributed by atoms with van der Waals surface area (Å²) < 4.78 is 7.31. The molecule has 0 atom stereocenters. The molecule has 0 saturated heterocycles. The number of hydrogen-bond donors (Lipinski definition) is 2. The van der Waals surface area contributed by atoms with E-state index in [4.69, 9.17) is 16.3 Å². The summed E-state index contributed by atoms with van der Waals surface area (Å²) in [5.74, 6) is -0.615. The molecule has 33 heavy (non-hydrogen) atoms. The largest absolute Gasteiger partial charge is 0.439 e. The van der Waals surface area contributed by atoms with Crippen LogP contribution in [0.5, 0.6) is 11.6 Å². The number of pyridine rings is 1. The van der Waals surface area contributed by atoms with Gasteiger partial charge in [0.2, 0.25) is 5.88 Å². The van der Waals surface area contributed by atoms with Crippen molar-refractivity contribution in [2.45, 2.75) is 13.1 Å². The molecule has 166 valence electrons. The summed E-state index contributed by atoms with van der Waals surface area (Å²) in [4.78, 5) is 32.3. The Balaban J connectivity index is 1.24.